The van der Waals surface area contributed by atoms with Crippen molar-refractivity contribution >= 4 is 11.0 Å². The van der Waals surface area contributed by atoms with Gasteiger partial charge in [0.1, 0.15) is 17.7 Å². The number of halogens is 1. The summed E-state index contributed by atoms with van der Waals surface area (Å²) in [7, 11) is 1.61. The summed E-state index contributed by atoms with van der Waals surface area (Å²) >= 11 is 0. The molecule has 0 amide bonds. The molecule has 0 aliphatic carbocycles. The number of rotatable bonds is 4. The van der Waals surface area contributed by atoms with Gasteiger partial charge in [0.25, 0.3) is 0 Å². The number of hydrogen-bond donors (Lipinski definition) is 0. The van der Waals surface area contributed by atoms with Crippen molar-refractivity contribution in [3.8, 4) is 46.5 Å². The molecule has 0 fully saturated rings. The van der Waals surface area contributed by atoms with Crippen LogP contribution in [0.4, 0.5) is 4.39 Å². The minimum atomic E-state index is -2.85. The third kappa shape index (κ3) is 3.85. The summed E-state index contributed by atoms with van der Waals surface area (Å²) < 4.78 is 72.2. The van der Waals surface area contributed by atoms with Gasteiger partial charge < -0.3 is 9.30 Å². The molecule has 0 saturated carbocycles. The van der Waals surface area contributed by atoms with Gasteiger partial charge in [-0.25, -0.2) is 29.3 Å². The number of benzene rings is 1. The van der Waals surface area contributed by atoms with Crippen LogP contribution in [-0.2, 0) is 7.05 Å². The van der Waals surface area contributed by atoms with Crippen molar-refractivity contribution in [1.29, 1.82) is 0 Å². The highest BCUT2D eigenvalue weighted by atomic mass is 19.1. The Morgan fingerprint density at radius 3 is 2.61 bits per heavy atom. The fourth-order valence-electron chi connectivity index (χ4n) is 4.15. The molecule has 4 aromatic heterocycles. The standard InChI is InChI=1S/C28H23FN6O/c1-7-20-12-15(2)23(18(5)34-20)26-25(24-17(4)31-14-32-27(24)35(26)6)19-8-9-22(21(29)13-19)36-28-30-11-10-16(3)33-28/h1,8-14H,2-6H3/i2D3,5D3. The highest BCUT2D eigenvalue weighted by Gasteiger charge is 2.25. The topological polar surface area (TPSA) is 78.6 Å². The number of aromatic nitrogens is 6. The molecule has 36 heavy (non-hydrogen) atoms. The van der Waals surface area contributed by atoms with Crippen LogP contribution in [0.15, 0.2) is 42.9 Å². The van der Waals surface area contributed by atoms with Crippen molar-refractivity contribution in [2.75, 3.05) is 0 Å². The molecule has 178 valence electrons. The Hall–Kier alpha value is -4.64. The molecule has 0 spiro atoms. The SMILES string of the molecule is [2H]C([2H])([2H])c1cc(C#C)nc(C([2H])([2H])[2H])c1-c1c(-c2ccc(Oc3nccc(C)n3)c(F)c2)c2c(C)ncnc2n1C. The fourth-order valence-corrected chi connectivity index (χ4v) is 4.15. The van der Waals surface area contributed by atoms with Gasteiger partial charge >= 0.3 is 6.01 Å². The van der Waals surface area contributed by atoms with E-state index in [4.69, 9.17) is 19.4 Å². The summed E-state index contributed by atoms with van der Waals surface area (Å²) in [4.78, 5) is 21.0. The molecule has 1 aromatic carbocycles. The summed E-state index contributed by atoms with van der Waals surface area (Å²) in [6, 6.07) is 6.95. The Bertz CT molecular complexity index is 1870. The molecule has 0 atom stereocenters. The van der Waals surface area contributed by atoms with Gasteiger partial charge in [-0.05, 0) is 62.9 Å². The van der Waals surface area contributed by atoms with E-state index in [9.17, 15) is 0 Å². The second-order valence-electron chi connectivity index (χ2n) is 8.09. The quantitative estimate of drug-likeness (QED) is 0.308. The van der Waals surface area contributed by atoms with E-state index in [0.29, 0.717) is 28.0 Å². The summed E-state index contributed by atoms with van der Waals surface area (Å²) in [5.41, 5.74) is 1.14. The normalized spacial score (nSPS) is 14.2. The van der Waals surface area contributed by atoms with E-state index in [1.165, 1.54) is 30.7 Å². The van der Waals surface area contributed by atoms with Crippen molar-refractivity contribution in [3.05, 3.63) is 77.0 Å². The van der Waals surface area contributed by atoms with E-state index in [1.807, 2.05) is 0 Å². The van der Waals surface area contributed by atoms with Gasteiger partial charge in [0, 0.05) is 49.4 Å². The lowest BCUT2D eigenvalue weighted by Gasteiger charge is -2.15. The van der Waals surface area contributed by atoms with Crippen LogP contribution in [0.2, 0.25) is 0 Å². The third-order valence-electron chi connectivity index (χ3n) is 5.76. The monoisotopic (exact) mass is 484 g/mol. The highest BCUT2D eigenvalue weighted by molar-refractivity contribution is 6.05. The first-order valence-corrected chi connectivity index (χ1v) is 10.8. The van der Waals surface area contributed by atoms with Crippen LogP contribution in [0, 0.1) is 45.7 Å². The molecule has 5 rings (SSSR count). The average molecular weight is 485 g/mol. The van der Waals surface area contributed by atoms with Gasteiger partial charge in [0.2, 0.25) is 0 Å². The van der Waals surface area contributed by atoms with Gasteiger partial charge in [-0.15, -0.1) is 6.42 Å². The summed E-state index contributed by atoms with van der Waals surface area (Å²) in [5, 5.41) is 0.471. The minimum Gasteiger partial charge on any atom is -0.421 e. The predicted molar refractivity (Wildman–Crippen MR) is 136 cm³/mol. The number of ether oxygens (including phenoxy) is 1. The fraction of sp³-hybridized carbons (Fsp3) is 0.179. The van der Waals surface area contributed by atoms with E-state index in [1.54, 1.807) is 37.6 Å². The predicted octanol–water partition coefficient (Wildman–Crippen LogP) is 5.63. The summed E-state index contributed by atoms with van der Waals surface area (Å²) in [6.07, 6.45) is 8.34. The number of pyridine rings is 1. The van der Waals surface area contributed by atoms with E-state index in [2.05, 4.69) is 30.8 Å². The lowest BCUT2D eigenvalue weighted by Crippen LogP contribution is -2.01. The zero-order valence-corrected chi connectivity index (χ0v) is 19.6. The van der Waals surface area contributed by atoms with Crippen LogP contribution in [-0.4, -0.2) is 29.5 Å². The first kappa shape index (κ1) is 16.9. The molecule has 0 aliphatic rings. The zero-order chi connectivity index (χ0) is 30.6. The summed E-state index contributed by atoms with van der Waals surface area (Å²) in [5.74, 6) is 1.34. The second-order valence-corrected chi connectivity index (χ2v) is 8.09. The molecule has 7 nitrogen and oxygen atoms in total. The van der Waals surface area contributed by atoms with Crippen molar-refractivity contribution in [2.45, 2.75) is 27.6 Å². The first-order valence-electron chi connectivity index (χ1n) is 13.8. The van der Waals surface area contributed by atoms with E-state index in [-0.39, 0.29) is 39.8 Å². The molecule has 5 aromatic rings. The molecular formula is C28H23FN6O. The van der Waals surface area contributed by atoms with Gasteiger partial charge in [-0.2, -0.15) is 0 Å². The Kier molecular flexibility index (Phi) is 4.16. The molecule has 0 aliphatic heterocycles. The Morgan fingerprint density at radius 2 is 1.89 bits per heavy atom. The lowest BCUT2D eigenvalue weighted by molar-refractivity contribution is 0.410. The molecule has 0 N–H and O–H groups in total. The van der Waals surface area contributed by atoms with Crippen molar-refractivity contribution in [2.24, 2.45) is 7.05 Å². The molecule has 0 bridgehead atoms. The molecule has 0 unspecified atom stereocenters. The average Bonchev–Trinajstić information content (AvgIpc) is 3.21. The van der Waals surface area contributed by atoms with Gasteiger partial charge in [0.05, 0.1) is 11.4 Å². The van der Waals surface area contributed by atoms with E-state index < -0.39 is 25.2 Å². The molecule has 0 radical (unpaired) electrons. The number of hydrogen-bond acceptors (Lipinski definition) is 6. The smallest absolute Gasteiger partial charge is 0.322 e. The second kappa shape index (κ2) is 8.86. The van der Waals surface area contributed by atoms with Gasteiger partial charge in [-0.1, -0.05) is 12.0 Å². The van der Waals surface area contributed by atoms with Crippen molar-refractivity contribution < 1.29 is 17.4 Å². The van der Waals surface area contributed by atoms with E-state index in [0.717, 1.165) is 0 Å². The lowest BCUT2D eigenvalue weighted by atomic mass is 9.94. The minimum absolute atomic E-state index is 0.0407. The van der Waals surface area contributed by atoms with Crippen LogP contribution in [0.1, 0.15) is 36.6 Å². The van der Waals surface area contributed by atoms with Crippen molar-refractivity contribution in [1.82, 2.24) is 29.5 Å². The van der Waals surface area contributed by atoms with E-state index >= 15 is 4.39 Å². The molecule has 0 saturated heterocycles. The molecule has 8 heteroatoms. The Morgan fingerprint density at radius 1 is 1.03 bits per heavy atom. The highest BCUT2D eigenvalue weighted by Crippen LogP contribution is 2.43. The van der Waals surface area contributed by atoms with Crippen LogP contribution in [0.25, 0.3) is 33.4 Å². The molecule has 4 heterocycles. The maximum absolute atomic E-state index is 15.6. The first-order chi connectivity index (χ1) is 19.7. The number of nitrogens with zero attached hydrogens (tertiary/aromatic N) is 6. The maximum atomic E-state index is 15.6. The number of aryl methyl sites for hydroxylation is 5. The Labute approximate surface area is 216 Å². The zero-order valence-electron chi connectivity index (χ0n) is 25.6. The maximum Gasteiger partial charge on any atom is 0.322 e. The number of fused-ring (bicyclic) bond motifs is 1. The van der Waals surface area contributed by atoms with Gasteiger partial charge in [-0.3, -0.25) is 0 Å². The Balaban J connectivity index is 1.86. The third-order valence-corrected chi connectivity index (χ3v) is 5.76. The largest absolute Gasteiger partial charge is 0.421 e. The van der Waals surface area contributed by atoms with Crippen LogP contribution in [0.3, 0.4) is 0 Å². The van der Waals surface area contributed by atoms with Crippen molar-refractivity contribution in [3.63, 3.8) is 0 Å². The number of terminal acetylenes is 1. The summed E-state index contributed by atoms with van der Waals surface area (Å²) in [6.45, 7) is -2.18. The van der Waals surface area contributed by atoms with Crippen LogP contribution in [0.5, 0.6) is 11.8 Å². The van der Waals surface area contributed by atoms with Gasteiger partial charge in [0.15, 0.2) is 11.6 Å². The molecular weight excluding hydrogens is 455 g/mol. The van der Waals surface area contributed by atoms with Crippen LogP contribution >= 0.6 is 0 Å². The van der Waals surface area contributed by atoms with Crippen LogP contribution < -0.4 is 4.74 Å².